The zero-order chi connectivity index (χ0) is 23.8. The van der Waals surface area contributed by atoms with Gasteiger partial charge in [-0.1, -0.05) is 51.8 Å². The summed E-state index contributed by atoms with van der Waals surface area (Å²) in [6, 6.07) is 7.34. The molecule has 0 radical (unpaired) electrons. The van der Waals surface area contributed by atoms with E-state index < -0.39 is 6.04 Å². The lowest BCUT2D eigenvalue weighted by molar-refractivity contribution is -0.126. The van der Waals surface area contributed by atoms with Gasteiger partial charge < -0.3 is 20.1 Å². The van der Waals surface area contributed by atoms with Crippen molar-refractivity contribution in [3.05, 3.63) is 36.0 Å². The summed E-state index contributed by atoms with van der Waals surface area (Å²) in [5.41, 5.74) is 1.66. The minimum absolute atomic E-state index is 0.187. The summed E-state index contributed by atoms with van der Waals surface area (Å²) in [6.45, 7) is 10.2. The first-order valence-electron chi connectivity index (χ1n) is 12.0. The molecule has 1 aliphatic rings. The van der Waals surface area contributed by atoms with Gasteiger partial charge in [0.25, 0.3) is 0 Å². The molecule has 2 amide bonds. The van der Waals surface area contributed by atoms with Gasteiger partial charge in [-0.25, -0.2) is 0 Å². The van der Waals surface area contributed by atoms with Crippen LogP contribution in [0.2, 0.25) is 0 Å². The average Bonchev–Trinajstić information content (AvgIpc) is 3.47. The summed E-state index contributed by atoms with van der Waals surface area (Å²) in [5.74, 6) is 0.661. The zero-order valence-electron chi connectivity index (χ0n) is 20.3. The van der Waals surface area contributed by atoms with E-state index in [9.17, 15) is 9.59 Å². The molecule has 3 rings (SSSR count). The molecule has 8 nitrogen and oxygen atoms in total. The molecule has 1 atom stereocenters. The Balaban J connectivity index is 1.57. The molecular formula is C25H37N5O3. The fourth-order valence-electron chi connectivity index (χ4n) is 3.81. The molecule has 0 spiro atoms. The van der Waals surface area contributed by atoms with Crippen LogP contribution in [0, 0.1) is 0 Å². The number of rotatable bonds is 10. The van der Waals surface area contributed by atoms with Crippen LogP contribution in [0.25, 0.3) is 0 Å². The molecule has 1 unspecified atom stereocenters. The predicted molar refractivity (Wildman–Crippen MR) is 129 cm³/mol. The lowest BCUT2D eigenvalue weighted by Crippen LogP contribution is -2.43. The van der Waals surface area contributed by atoms with Gasteiger partial charge in [0.15, 0.2) is 5.82 Å². The number of amides is 2. The number of carbonyl (C=O) groups is 2. The van der Waals surface area contributed by atoms with Crippen LogP contribution < -0.4 is 15.5 Å². The Morgan fingerprint density at radius 2 is 1.97 bits per heavy atom. The Morgan fingerprint density at radius 1 is 1.21 bits per heavy atom. The minimum Gasteiger partial charge on any atom is -0.371 e. The topological polar surface area (TPSA) is 100 Å². The maximum absolute atomic E-state index is 13.0. The summed E-state index contributed by atoms with van der Waals surface area (Å²) >= 11 is 0. The van der Waals surface area contributed by atoms with Gasteiger partial charge in [-0.15, -0.1) is 0 Å². The molecule has 33 heavy (non-hydrogen) atoms. The minimum atomic E-state index is -0.583. The Kier molecular flexibility index (Phi) is 8.47. The highest BCUT2D eigenvalue weighted by Gasteiger charge is 2.23. The third-order valence-corrected chi connectivity index (χ3v) is 5.79. The number of carbonyl (C=O) groups excluding carboxylic acids is 2. The van der Waals surface area contributed by atoms with Crippen LogP contribution in [-0.2, 0) is 21.4 Å². The molecule has 8 heteroatoms. The molecule has 0 bridgehead atoms. The highest BCUT2D eigenvalue weighted by Crippen LogP contribution is 2.23. The second-order valence-electron chi connectivity index (χ2n) is 9.76. The molecule has 180 valence electrons. The molecule has 0 saturated carbocycles. The number of nitrogens with one attached hydrogen (secondary N) is 2. The number of hydrogen-bond acceptors (Lipinski definition) is 6. The van der Waals surface area contributed by atoms with Crippen molar-refractivity contribution in [3.8, 4) is 0 Å². The highest BCUT2D eigenvalue weighted by atomic mass is 16.5. The third-order valence-electron chi connectivity index (χ3n) is 5.79. The van der Waals surface area contributed by atoms with Crippen molar-refractivity contribution in [3.63, 3.8) is 0 Å². The van der Waals surface area contributed by atoms with E-state index in [0.29, 0.717) is 24.6 Å². The van der Waals surface area contributed by atoms with E-state index in [-0.39, 0.29) is 23.7 Å². The number of benzene rings is 1. The largest absolute Gasteiger partial charge is 0.371 e. The van der Waals surface area contributed by atoms with Gasteiger partial charge in [0, 0.05) is 42.7 Å². The average molecular weight is 456 g/mol. The van der Waals surface area contributed by atoms with Gasteiger partial charge in [0.2, 0.25) is 17.7 Å². The Hall–Kier alpha value is -2.90. The SMILES string of the molecule is CCCCC(NC(=O)CCc1nc(C(C)(C)C)no1)C(=O)Nc1cccc(N2CCCC2)c1. The third kappa shape index (κ3) is 7.30. The standard InChI is InChI=1S/C25H37N5O3/c1-5-6-12-20(27-21(31)13-14-22-28-24(29-33-22)25(2,3)4)23(32)26-18-10-9-11-19(17-18)30-15-7-8-16-30/h9-11,17,20H,5-8,12-16H2,1-4H3,(H,26,32)(H,27,31). The Bertz CT molecular complexity index is 928. The van der Waals surface area contributed by atoms with Gasteiger partial charge in [0.05, 0.1) is 0 Å². The Labute approximate surface area is 196 Å². The van der Waals surface area contributed by atoms with E-state index >= 15 is 0 Å². The van der Waals surface area contributed by atoms with Gasteiger partial charge in [-0.2, -0.15) is 4.98 Å². The van der Waals surface area contributed by atoms with Gasteiger partial charge in [-0.3, -0.25) is 9.59 Å². The summed E-state index contributed by atoms with van der Waals surface area (Å²) in [6.07, 6.45) is 5.31. The first kappa shape index (κ1) is 24.7. The molecule has 1 aromatic carbocycles. The van der Waals surface area contributed by atoms with Crippen molar-refractivity contribution in [2.75, 3.05) is 23.3 Å². The van der Waals surface area contributed by atoms with Crippen molar-refractivity contribution in [2.45, 2.75) is 84.1 Å². The summed E-state index contributed by atoms with van der Waals surface area (Å²) < 4.78 is 5.27. The van der Waals surface area contributed by atoms with Crippen LogP contribution >= 0.6 is 0 Å². The number of aryl methyl sites for hydroxylation is 1. The van der Waals surface area contributed by atoms with E-state index in [1.54, 1.807) is 0 Å². The van der Waals surface area contributed by atoms with Gasteiger partial charge >= 0.3 is 0 Å². The summed E-state index contributed by atoms with van der Waals surface area (Å²) in [7, 11) is 0. The number of nitrogens with zero attached hydrogens (tertiary/aromatic N) is 3. The molecule has 1 saturated heterocycles. The van der Waals surface area contributed by atoms with Crippen LogP contribution in [0.1, 0.15) is 77.9 Å². The number of anilines is 2. The lowest BCUT2D eigenvalue weighted by atomic mass is 9.96. The molecule has 1 fully saturated rings. The van der Waals surface area contributed by atoms with Crippen molar-refractivity contribution in [1.82, 2.24) is 15.5 Å². The normalized spacial score (nSPS) is 14.8. The quantitative estimate of drug-likeness (QED) is 0.557. The zero-order valence-corrected chi connectivity index (χ0v) is 20.3. The van der Waals surface area contributed by atoms with E-state index in [0.717, 1.165) is 37.3 Å². The van der Waals surface area contributed by atoms with Gasteiger partial charge in [-0.05, 0) is 37.5 Å². The Morgan fingerprint density at radius 3 is 2.64 bits per heavy atom. The van der Waals surface area contributed by atoms with Crippen LogP contribution in [0.15, 0.2) is 28.8 Å². The summed E-state index contributed by atoms with van der Waals surface area (Å²) in [5, 5.41) is 9.88. The first-order chi connectivity index (χ1) is 15.8. The fourth-order valence-corrected chi connectivity index (χ4v) is 3.81. The maximum atomic E-state index is 13.0. The van der Waals surface area contributed by atoms with Crippen molar-refractivity contribution < 1.29 is 14.1 Å². The fraction of sp³-hybridized carbons (Fsp3) is 0.600. The lowest BCUT2D eigenvalue weighted by Gasteiger charge is -2.20. The van der Waals surface area contributed by atoms with Crippen molar-refractivity contribution in [1.29, 1.82) is 0 Å². The van der Waals surface area contributed by atoms with E-state index in [2.05, 4.69) is 38.7 Å². The molecule has 1 aromatic heterocycles. The van der Waals surface area contributed by atoms with E-state index in [4.69, 9.17) is 4.52 Å². The van der Waals surface area contributed by atoms with Crippen LogP contribution in [0.3, 0.4) is 0 Å². The number of unbranched alkanes of at least 4 members (excludes halogenated alkanes) is 1. The van der Waals surface area contributed by atoms with Gasteiger partial charge in [0.1, 0.15) is 6.04 Å². The molecule has 2 aromatic rings. The molecule has 1 aliphatic heterocycles. The smallest absolute Gasteiger partial charge is 0.246 e. The predicted octanol–water partition coefficient (Wildman–Crippen LogP) is 4.21. The monoisotopic (exact) mass is 455 g/mol. The first-order valence-corrected chi connectivity index (χ1v) is 12.0. The second-order valence-corrected chi connectivity index (χ2v) is 9.76. The molecule has 2 heterocycles. The van der Waals surface area contributed by atoms with E-state index in [1.807, 2.05) is 39.0 Å². The second kappa shape index (κ2) is 11.3. The summed E-state index contributed by atoms with van der Waals surface area (Å²) in [4.78, 5) is 32.3. The molecule has 0 aliphatic carbocycles. The van der Waals surface area contributed by atoms with E-state index in [1.165, 1.54) is 12.8 Å². The van der Waals surface area contributed by atoms with Crippen LogP contribution in [0.4, 0.5) is 11.4 Å². The van der Waals surface area contributed by atoms with Crippen molar-refractivity contribution in [2.24, 2.45) is 0 Å². The number of hydrogen-bond donors (Lipinski definition) is 2. The van der Waals surface area contributed by atoms with Crippen LogP contribution in [-0.4, -0.2) is 41.1 Å². The van der Waals surface area contributed by atoms with Crippen molar-refractivity contribution >= 4 is 23.2 Å². The maximum Gasteiger partial charge on any atom is 0.246 e. The number of aromatic nitrogens is 2. The highest BCUT2D eigenvalue weighted by molar-refractivity contribution is 5.97. The van der Waals surface area contributed by atoms with Crippen LogP contribution in [0.5, 0.6) is 0 Å². The molecular weight excluding hydrogens is 418 g/mol. The molecule has 2 N–H and O–H groups in total.